The molecular formula is C17H13F3N2O3. The SMILES string of the molecule is NC(=CC=Nc1ccc(OC(F)(F)F)cc1)c1ccc(C(=O)O)cc1. The number of aromatic carboxylic acids is 1. The number of rotatable bonds is 5. The van der Waals surface area contributed by atoms with Gasteiger partial charge in [0.15, 0.2) is 0 Å². The van der Waals surface area contributed by atoms with Crippen molar-refractivity contribution in [3.63, 3.8) is 0 Å². The predicted octanol–water partition coefficient (Wildman–Crippen LogP) is 3.99. The highest BCUT2D eigenvalue weighted by Crippen LogP contribution is 2.24. The number of ether oxygens (including phenoxy) is 1. The van der Waals surface area contributed by atoms with Gasteiger partial charge in [0, 0.05) is 11.9 Å². The van der Waals surface area contributed by atoms with Crippen molar-refractivity contribution in [2.75, 3.05) is 0 Å². The average Bonchev–Trinajstić information content (AvgIpc) is 2.55. The number of nitrogens with zero attached hydrogens (tertiary/aromatic N) is 1. The van der Waals surface area contributed by atoms with E-state index in [0.717, 1.165) is 12.1 Å². The van der Waals surface area contributed by atoms with Crippen molar-refractivity contribution in [1.82, 2.24) is 0 Å². The molecule has 0 bridgehead atoms. The van der Waals surface area contributed by atoms with Crippen LogP contribution in [0.4, 0.5) is 18.9 Å². The van der Waals surface area contributed by atoms with E-state index in [0.29, 0.717) is 16.9 Å². The van der Waals surface area contributed by atoms with Crippen LogP contribution in [0.2, 0.25) is 0 Å². The summed E-state index contributed by atoms with van der Waals surface area (Å²) in [6.45, 7) is 0. The van der Waals surface area contributed by atoms with Gasteiger partial charge in [-0.15, -0.1) is 13.2 Å². The number of alkyl halides is 3. The number of carbonyl (C=O) groups is 1. The van der Waals surface area contributed by atoms with Crippen LogP contribution in [0.1, 0.15) is 15.9 Å². The van der Waals surface area contributed by atoms with Gasteiger partial charge in [-0.05, 0) is 48.0 Å². The lowest BCUT2D eigenvalue weighted by atomic mass is 10.1. The van der Waals surface area contributed by atoms with E-state index in [9.17, 15) is 18.0 Å². The van der Waals surface area contributed by atoms with Crippen LogP contribution in [0.15, 0.2) is 59.6 Å². The molecule has 2 aromatic rings. The lowest BCUT2D eigenvalue weighted by Crippen LogP contribution is -2.16. The van der Waals surface area contributed by atoms with Crippen LogP contribution >= 0.6 is 0 Å². The second kappa shape index (κ2) is 7.52. The summed E-state index contributed by atoms with van der Waals surface area (Å²) < 4.78 is 39.9. The summed E-state index contributed by atoms with van der Waals surface area (Å²) >= 11 is 0. The van der Waals surface area contributed by atoms with Gasteiger partial charge in [0.2, 0.25) is 0 Å². The number of hydrogen-bond acceptors (Lipinski definition) is 4. The standard InChI is InChI=1S/C17H13F3N2O3/c18-17(19,20)25-14-7-5-13(6-8-14)22-10-9-15(21)11-1-3-12(4-2-11)16(23)24/h1-10H,21H2,(H,23,24). The summed E-state index contributed by atoms with van der Waals surface area (Å²) in [5.41, 5.74) is 7.39. The summed E-state index contributed by atoms with van der Waals surface area (Å²) in [4.78, 5) is 14.8. The topological polar surface area (TPSA) is 84.9 Å². The fourth-order valence-electron chi connectivity index (χ4n) is 1.84. The smallest absolute Gasteiger partial charge is 0.478 e. The first-order valence-electron chi connectivity index (χ1n) is 6.94. The van der Waals surface area contributed by atoms with Crippen LogP contribution in [0, 0.1) is 0 Å². The van der Waals surface area contributed by atoms with E-state index in [1.165, 1.54) is 36.6 Å². The number of hydrogen-bond donors (Lipinski definition) is 2. The molecule has 0 aliphatic heterocycles. The van der Waals surface area contributed by atoms with Crippen molar-refractivity contribution < 1.29 is 27.8 Å². The van der Waals surface area contributed by atoms with Gasteiger partial charge in [-0.1, -0.05) is 12.1 Å². The molecule has 25 heavy (non-hydrogen) atoms. The second-order valence-corrected chi connectivity index (χ2v) is 4.82. The third-order valence-corrected chi connectivity index (χ3v) is 3.01. The van der Waals surface area contributed by atoms with E-state index in [1.54, 1.807) is 12.1 Å². The predicted molar refractivity (Wildman–Crippen MR) is 86.8 cm³/mol. The summed E-state index contributed by atoms with van der Waals surface area (Å²) in [5, 5.41) is 8.83. The van der Waals surface area contributed by atoms with Gasteiger partial charge in [0.25, 0.3) is 0 Å². The first-order valence-corrected chi connectivity index (χ1v) is 6.94. The van der Waals surface area contributed by atoms with E-state index < -0.39 is 12.3 Å². The Hall–Kier alpha value is -3.29. The normalized spacial score (nSPS) is 12.4. The first kappa shape index (κ1) is 18.1. The molecule has 5 nitrogen and oxygen atoms in total. The van der Waals surface area contributed by atoms with Gasteiger partial charge < -0.3 is 15.6 Å². The average molecular weight is 350 g/mol. The maximum atomic E-state index is 12.1. The Kier molecular flexibility index (Phi) is 5.43. The molecule has 0 aliphatic carbocycles. The fraction of sp³-hybridized carbons (Fsp3) is 0.0588. The van der Waals surface area contributed by atoms with Crippen molar-refractivity contribution in [3.8, 4) is 5.75 Å². The van der Waals surface area contributed by atoms with Gasteiger partial charge in [-0.3, -0.25) is 4.99 Å². The van der Waals surface area contributed by atoms with Crippen LogP contribution in [-0.2, 0) is 0 Å². The number of carboxylic acid groups (broad SMARTS) is 1. The molecule has 0 atom stereocenters. The molecule has 0 heterocycles. The lowest BCUT2D eigenvalue weighted by molar-refractivity contribution is -0.274. The van der Waals surface area contributed by atoms with Crippen LogP contribution in [0.5, 0.6) is 5.75 Å². The number of nitrogens with two attached hydrogens (primary N) is 1. The molecule has 0 radical (unpaired) electrons. The monoisotopic (exact) mass is 350 g/mol. The Balaban J connectivity index is 2.03. The molecule has 2 aromatic carbocycles. The molecule has 0 unspecified atom stereocenters. The molecule has 0 spiro atoms. The molecule has 130 valence electrons. The van der Waals surface area contributed by atoms with Gasteiger partial charge in [0.05, 0.1) is 11.3 Å². The molecule has 0 aromatic heterocycles. The fourth-order valence-corrected chi connectivity index (χ4v) is 1.84. The highest BCUT2D eigenvalue weighted by atomic mass is 19.4. The Morgan fingerprint density at radius 1 is 1.04 bits per heavy atom. The van der Waals surface area contributed by atoms with Crippen molar-refractivity contribution >= 4 is 23.6 Å². The summed E-state index contributed by atoms with van der Waals surface area (Å²) in [6, 6.07) is 11.0. The Bertz CT molecular complexity index is 795. The summed E-state index contributed by atoms with van der Waals surface area (Å²) in [7, 11) is 0. The minimum atomic E-state index is -4.74. The highest BCUT2D eigenvalue weighted by molar-refractivity contribution is 5.89. The minimum Gasteiger partial charge on any atom is -0.478 e. The molecule has 0 saturated carbocycles. The first-order chi connectivity index (χ1) is 11.7. The van der Waals surface area contributed by atoms with Gasteiger partial charge in [0.1, 0.15) is 5.75 Å². The molecule has 0 fully saturated rings. The lowest BCUT2D eigenvalue weighted by Gasteiger charge is -2.08. The van der Waals surface area contributed by atoms with Crippen molar-refractivity contribution in [3.05, 3.63) is 65.7 Å². The molecule has 0 aliphatic rings. The third kappa shape index (κ3) is 5.69. The maximum Gasteiger partial charge on any atom is 0.573 e. The molecular weight excluding hydrogens is 337 g/mol. The van der Waals surface area contributed by atoms with Gasteiger partial charge in [-0.25, -0.2) is 4.79 Å². The van der Waals surface area contributed by atoms with E-state index in [4.69, 9.17) is 10.8 Å². The van der Waals surface area contributed by atoms with E-state index in [1.807, 2.05) is 0 Å². The highest BCUT2D eigenvalue weighted by Gasteiger charge is 2.30. The van der Waals surface area contributed by atoms with Crippen LogP contribution in [-0.4, -0.2) is 23.7 Å². The van der Waals surface area contributed by atoms with E-state index >= 15 is 0 Å². The molecule has 2 rings (SSSR count). The number of aliphatic imine (C=N–C) groups is 1. The van der Waals surface area contributed by atoms with E-state index in [2.05, 4.69) is 9.73 Å². The Morgan fingerprint density at radius 3 is 2.12 bits per heavy atom. The molecule has 8 heteroatoms. The summed E-state index contributed by atoms with van der Waals surface area (Å²) in [6.07, 6.45) is -1.85. The van der Waals surface area contributed by atoms with Crippen LogP contribution < -0.4 is 10.5 Å². The number of allylic oxidation sites excluding steroid dienone is 1. The van der Waals surface area contributed by atoms with Gasteiger partial charge in [-0.2, -0.15) is 0 Å². The Labute approximate surface area is 140 Å². The van der Waals surface area contributed by atoms with Crippen LogP contribution in [0.25, 0.3) is 5.70 Å². The molecule has 0 saturated heterocycles. The third-order valence-electron chi connectivity index (χ3n) is 3.01. The minimum absolute atomic E-state index is 0.145. The second-order valence-electron chi connectivity index (χ2n) is 4.82. The zero-order valence-electron chi connectivity index (χ0n) is 12.7. The molecule has 3 N–H and O–H groups in total. The number of halogens is 3. The van der Waals surface area contributed by atoms with Crippen molar-refractivity contribution in [2.24, 2.45) is 10.7 Å². The number of benzene rings is 2. The Morgan fingerprint density at radius 2 is 1.60 bits per heavy atom. The van der Waals surface area contributed by atoms with Crippen molar-refractivity contribution in [2.45, 2.75) is 6.36 Å². The zero-order chi connectivity index (χ0) is 18.4. The maximum absolute atomic E-state index is 12.1. The summed E-state index contributed by atoms with van der Waals surface area (Å²) in [5.74, 6) is -1.37. The largest absolute Gasteiger partial charge is 0.573 e. The zero-order valence-corrected chi connectivity index (χ0v) is 12.7. The molecule has 0 amide bonds. The van der Waals surface area contributed by atoms with Crippen molar-refractivity contribution in [1.29, 1.82) is 0 Å². The van der Waals surface area contributed by atoms with Crippen LogP contribution in [0.3, 0.4) is 0 Å². The van der Waals surface area contributed by atoms with Gasteiger partial charge >= 0.3 is 12.3 Å². The quantitative estimate of drug-likeness (QED) is 0.799. The van der Waals surface area contributed by atoms with E-state index in [-0.39, 0.29) is 11.3 Å². The number of carboxylic acids is 1.